The van der Waals surface area contributed by atoms with Crippen molar-refractivity contribution in [2.75, 3.05) is 6.61 Å². The van der Waals surface area contributed by atoms with Crippen LogP contribution in [-0.4, -0.2) is 20.6 Å². The summed E-state index contributed by atoms with van der Waals surface area (Å²) in [7, 11) is -3.22. The van der Waals surface area contributed by atoms with Crippen molar-refractivity contribution in [1.29, 1.82) is 4.78 Å². The number of hydrogen-bond acceptors (Lipinski definition) is 4. The highest BCUT2D eigenvalue weighted by molar-refractivity contribution is 7.90. The van der Waals surface area contributed by atoms with E-state index in [0.717, 1.165) is 0 Å². The Bertz CT molecular complexity index is 435. The van der Waals surface area contributed by atoms with Gasteiger partial charge in [-0.1, -0.05) is 0 Å². The molecule has 2 atom stereocenters. The standard InChI is InChI=1S/C6H10N4O2S/c1-4-3-12-6-5(13(7,8)11)2-9-10(4)6/h2,4H,3H2,1H3,(H3,7,8,11). The number of nitrogens with one attached hydrogen (secondary N) is 1. The molecular formula is C6H10N4O2S. The summed E-state index contributed by atoms with van der Waals surface area (Å²) in [5, 5.41) is 9.14. The molecule has 2 rings (SSSR count). The summed E-state index contributed by atoms with van der Waals surface area (Å²) < 4.78 is 25.2. The first-order valence-electron chi connectivity index (χ1n) is 3.77. The van der Waals surface area contributed by atoms with Crippen molar-refractivity contribution in [3.05, 3.63) is 6.20 Å². The molecule has 0 saturated carbocycles. The summed E-state index contributed by atoms with van der Waals surface area (Å²) in [4.78, 5) is 0.178. The van der Waals surface area contributed by atoms with Crippen LogP contribution in [0.1, 0.15) is 13.0 Å². The largest absolute Gasteiger partial charge is 0.475 e. The Hall–Kier alpha value is -1.08. The Morgan fingerprint density at radius 1 is 1.92 bits per heavy atom. The molecule has 1 aliphatic heterocycles. The highest BCUT2D eigenvalue weighted by Crippen LogP contribution is 2.30. The maximum Gasteiger partial charge on any atom is 0.231 e. The molecule has 1 aromatic rings. The summed E-state index contributed by atoms with van der Waals surface area (Å²) in [5.41, 5.74) is 0. The van der Waals surface area contributed by atoms with Gasteiger partial charge >= 0.3 is 0 Å². The van der Waals surface area contributed by atoms with Gasteiger partial charge in [-0.3, -0.25) is 0 Å². The molecule has 0 aliphatic carbocycles. The van der Waals surface area contributed by atoms with E-state index in [4.69, 9.17) is 14.7 Å². The Balaban J connectivity index is 2.59. The van der Waals surface area contributed by atoms with Gasteiger partial charge in [0.1, 0.15) is 21.4 Å². The third kappa shape index (κ3) is 1.20. The second-order valence-corrected chi connectivity index (χ2v) is 4.66. The van der Waals surface area contributed by atoms with E-state index in [0.29, 0.717) is 12.5 Å². The molecule has 0 fully saturated rings. The molecule has 1 aliphatic rings. The van der Waals surface area contributed by atoms with Crippen LogP contribution in [0.3, 0.4) is 0 Å². The molecule has 0 saturated heterocycles. The zero-order valence-electron chi connectivity index (χ0n) is 7.06. The van der Waals surface area contributed by atoms with Crippen molar-refractivity contribution < 1.29 is 8.95 Å². The fourth-order valence-electron chi connectivity index (χ4n) is 1.26. The average molecular weight is 202 g/mol. The smallest absolute Gasteiger partial charge is 0.231 e. The fourth-order valence-corrected chi connectivity index (χ4v) is 1.88. The van der Waals surface area contributed by atoms with Crippen molar-refractivity contribution in [2.24, 2.45) is 5.14 Å². The lowest BCUT2D eigenvalue weighted by atomic mass is 10.4. The van der Waals surface area contributed by atoms with Gasteiger partial charge in [0.2, 0.25) is 5.88 Å². The molecule has 1 aromatic heterocycles. The van der Waals surface area contributed by atoms with Crippen LogP contribution in [0, 0.1) is 4.78 Å². The fraction of sp³-hybridized carbons (Fsp3) is 0.500. The van der Waals surface area contributed by atoms with E-state index < -0.39 is 9.92 Å². The first kappa shape index (κ1) is 8.52. The Morgan fingerprint density at radius 3 is 3.23 bits per heavy atom. The average Bonchev–Trinajstić information content (AvgIpc) is 2.51. The number of hydrogen-bond donors (Lipinski definition) is 2. The van der Waals surface area contributed by atoms with Gasteiger partial charge < -0.3 is 4.74 Å². The summed E-state index contributed by atoms with van der Waals surface area (Å²) in [6.45, 7) is 2.42. The van der Waals surface area contributed by atoms with Crippen LogP contribution in [0.2, 0.25) is 0 Å². The van der Waals surface area contributed by atoms with E-state index in [1.54, 1.807) is 4.68 Å². The van der Waals surface area contributed by atoms with Crippen LogP contribution < -0.4 is 9.88 Å². The Kier molecular flexibility index (Phi) is 1.61. The van der Waals surface area contributed by atoms with Gasteiger partial charge in [0.05, 0.1) is 12.2 Å². The minimum absolute atomic E-state index is 0.116. The summed E-state index contributed by atoms with van der Waals surface area (Å²) in [5.74, 6) is 0.370. The van der Waals surface area contributed by atoms with E-state index in [1.807, 2.05) is 6.92 Å². The van der Waals surface area contributed by atoms with E-state index in [9.17, 15) is 4.21 Å². The van der Waals surface area contributed by atoms with E-state index >= 15 is 0 Å². The summed E-state index contributed by atoms with van der Waals surface area (Å²) >= 11 is 0. The molecule has 7 heteroatoms. The van der Waals surface area contributed by atoms with Gasteiger partial charge in [-0.2, -0.15) is 5.10 Å². The SMILES string of the molecule is CC1COc2c(S(=N)(N)=O)cnn21. The minimum atomic E-state index is -3.22. The summed E-state index contributed by atoms with van der Waals surface area (Å²) in [6, 6.07) is 0.116. The first-order valence-corrected chi connectivity index (χ1v) is 5.39. The van der Waals surface area contributed by atoms with Crippen molar-refractivity contribution in [1.82, 2.24) is 9.78 Å². The summed E-state index contributed by atoms with van der Waals surface area (Å²) in [6.07, 6.45) is 1.33. The predicted molar refractivity (Wildman–Crippen MR) is 45.7 cm³/mol. The lowest BCUT2D eigenvalue weighted by Gasteiger charge is -1.98. The highest BCUT2D eigenvalue weighted by Gasteiger charge is 2.27. The number of rotatable bonds is 1. The molecule has 2 heterocycles. The Labute approximate surface area is 75.8 Å². The minimum Gasteiger partial charge on any atom is -0.475 e. The van der Waals surface area contributed by atoms with Crippen LogP contribution in [-0.2, 0) is 9.92 Å². The van der Waals surface area contributed by atoms with Crippen LogP contribution in [0.25, 0.3) is 0 Å². The van der Waals surface area contributed by atoms with Crippen LogP contribution in [0.5, 0.6) is 5.88 Å². The van der Waals surface area contributed by atoms with Crippen LogP contribution >= 0.6 is 0 Å². The molecule has 2 unspecified atom stereocenters. The lowest BCUT2D eigenvalue weighted by Crippen LogP contribution is -2.10. The maximum atomic E-state index is 11.2. The number of nitrogens with two attached hydrogens (primary N) is 1. The Morgan fingerprint density at radius 2 is 2.62 bits per heavy atom. The lowest BCUT2D eigenvalue weighted by molar-refractivity contribution is 0.327. The molecular weight excluding hydrogens is 192 g/mol. The van der Waals surface area contributed by atoms with E-state index in [1.165, 1.54) is 6.20 Å². The number of aromatic nitrogens is 2. The van der Waals surface area contributed by atoms with Crippen molar-refractivity contribution in [3.8, 4) is 5.88 Å². The molecule has 13 heavy (non-hydrogen) atoms. The normalized spacial score (nSPS) is 24.9. The van der Waals surface area contributed by atoms with Crippen molar-refractivity contribution >= 4 is 9.92 Å². The van der Waals surface area contributed by atoms with Crippen LogP contribution in [0.15, 0.2) is 11.1 Å². The van der Waals surface area contributed by atoms with Gasteiger partial charge in [-0.25, -0.2) is 18.8 Å². The molecule has 0 spiro atoms. The first-order chi connectivity index (χ1) is 6.00. The van der Waals surface area contributed by atoms with Gasteiger partial charge in [-0.05, 0) is 6.92 Å². The van der Waals surface area contributed by atoms with Gasteiger partial charge in [0.15, 0.2) is 0 Å². The zero-order chi connectivity index (χ0) is 9.64. The molecule has 3 N–H and O–H groups in total. The molecule has 6 nitrogen and oxygen atoms in total. The van der Waals surface area contributed by atoms with E-state index in [2.05, 4.69) is 5.10 Å². The molecule has 0 radical (unpaired) electrons. The second kappa shape index (κ2) is 2.46. The van der Waals surface area contributed by atoms with E-state index in [-0.39, 0.29) is 10.9 Å². The predicted octanol–water partition coefficient (Wildman–Crippen LogP) is 0.116. The molecule has 0 bridgehead atoms. The van der Waals surface area contributed by atoms with Gasteiger partial charge in [-0.15, -0.1) is 0 Å². The third-order valence-electron chi connectivity index (χ3n) is 1.92. The monoisotopic (exact) mass is 202 g/mol. The molecule has 0 amide bonds. The number of fused-ring (bicyclic) bond motifs is 1. The third-order valence-corrected chi connectivity index (χ3v) is 2.86. The molecule has 0 aromatic carbocycles. The molecule has 72 valence electrons. The number of nitrogens with zero attached hydrogens (tertiary/aromatic N) is 2. The van der Waals surface area contributed by atoms with Crippen molar-refractivity contribution in [2.45, 2.75) is 17.9 Å². The number of ether oxygens (including phenoxy) is 1. The highest BCUT2D eigenvalue weighted by atomic mass is 32.2. The van der Waals surface area contributed by atoms with Gasteiger partial charge in [0, 0.05) is 0 Å². The maximum absolute atomic E-state index is 11.2. The van der Waals surface area contributed by atoms with Gasteiger partial charge in [0.25, 0.3) is 0 Å². The van der Waals surface area contributed by atoms with Crippen LogP contribution in [0.4, 0.5) is 0 Å². The van der Waals surface area contributed by atoms with Crippen molar-refractivity contribution in [3.63, 3.8) is 0 Å². The second-order valence-electron chi connectivity index (χ2n) is 3.02. The zero-order valence-corrected chi connectivity index (χ0v) is 7.87. The quantitative estimate of drug-likeness (QED) is 0.677. The topological polar surface area (TPSA) is 94.0 Å².